The lowest BCUT2D eigenvalue weighted by Crippen LogP contribution is -2.52. The van der Waals surface area contributed by atoms with E-state index in [1.807, 2.05) is 30.5 Å². The molecular formula is C30H33N5O3. The number of nitrogens with zero attached hydrogens (tertiary/aromatic N) is 4. The van der Waals surface area contributed by atoms with E-state index >= 15 is 0 Å². The van der Waals surface area contributed by atoms with Crippen molar-refractivity contribution in [3.8, 4) is 6.07 Å². The predicted molar refractivity (Wildman–Crippen MR) is 142 cm³/mol. The molecular weight excluding hydrogens is 478 g/mol. The van der Waals surface area contributed by atoms with Gasteiger partial charge in [-0.2, -0.15) is 5.26 Å². The molecule has 2 aromatic carbocycles. The van der Waals surface area contributed by atoms with E-state index in [0.717, 1.165) is 24.1 Å². The van der Waals surface area contributed by atoms with Crippen LogP contribution in [-0.4, -0.2) is 59.1 Å². The smallest absolute Gasteiger partial charge is 0.309 e. The first-order valence-corrected chi connectivity index (χ1v) is 13.2. The molecule has 38 heavy (non-hydrogen) atoms. The van der Waals surface area contributed by atoms with Gasteiger partial charge in [0.15, 0.2) is 0 Å². The zero-order valence-corrected chi connectivity index (χ0v) is 21.7. The summed E-state index contributed by atoms with van der Waals surface area (Å²) in [6, 6.07) is 18.4. The Morgan fingerprint density at radius 1 is 1.08 bits per heavy atom. The third-order valence-electron chi connectivity index (χ3n) is 7.84. The van der Waals surface area contributed by atoms with Crippen LogP contribution in [0.3, 0.4) is 0 Å². The molecule has 1 amide bonds. The maximum atomic E-state index is 13.3. The van der Waals surface area contributed by atoms with Gasteiger partial charge < -0.3 is 14.6 Å². The second-order valence-electron chi connectivity index (χ2n) is 10.3. The summed E-state index contributed by atoms with van der Waals surface area (Å²) < 4.78 is 7.13. The number of aromatic nitrogens is 2. The molecule has 2 aliphatic rings. The Hall–Kier alpha value is -3.96. The van der Waals surface area contributed by atoms with E-state index in [0.29, 0.717) is 50.6 Å². The summed E-state index contributed by atoms with van der Waals surface area (Å²) in [4.78, 5) is 32.4. The number of esters is 1. The summed E-state index contributed by atoms with van der Waals surface area (Å²) in [6.07, 6.45) is 6.66. The van der Waals surface area contributed by atoms with Gasteiger partial charge in [-0.05, 0) is 48.1 Å². The molecule has 3 aromatic rings. The second-order valence-corrected chi connectivity index (χ2v) is 10.3. The van der Waals surface area contributed by atoms with Gasteiger partial charge in [-0.3, -0.25) is 14.5 Å². The topological polar surface area (TPSA) is 100 Å². The largest absolute Gasteiger partial charge is 0.469 e. The van der Waals surface area contributed by atoms with E-state index in [-0.39, 0.29) is 23.7 Å². The van der Waals surface area contributed by atoms with Crippen molar-refractivity contribution in [2.24, 2.45) is 11.8 Å². The Morgan fingerprint density at radius 3 is 2.47 bits per heavy atom. The standard InChI is InChI=1S/C30H33N5O3/c1-38-30(37)26-12-25(18-34(19-26)28-13-23-4-2-3-5-24(23)14-28)29(36)33-11-10-27-16-32-20-35(27)17-22-8-6-21(15-31)7-9-22/h2-9,16,20,25-26,28H,10-14,17-19H2,1H3,(H,33,36). The van der Waals surface area contributed by atoms with Gasteiger partial charge in [0.2, 0.25) is 5.91 Å². The average Bonchev–Trinajstić information content (AvgIpc) is 3.59. The number of nitriles is 1. The van der Waals surface area contributed by atoms with Gasteiger partial charge in [-0.15, -0.1) is 0 Å². The minimum Gasteiger partial charge on any atom is -0.469 e. The highest BCUT2D eigenvalue weighted by molar-refractivity contribution is 5.81. The lowest BCUT2D eigenvalue weighted by atomic mass is 9.87. The van der Waals surface area contributed by atoms with Crippen LogP contribution >= 0.6 is 0 Å². The number of amides is 1. The van der Waals surface area contributed by atoms with Crippen molar-refractivity contribution >= 4 is 11.9 Å². The van der Waals surface area contributed by atoms with Crippen LogP contribution in [0.4, 0.5) is 0 Å². The molecule has 1 fully saturated rings. The maximum Gasteiger partial charge on any atom is 0.309 e. The fourth-order valence-electron chi connectivity index (χ4n) is 5.79. The van der Waals surface area contributed by atoms with Gasteiger partial charge in [0.05, 0.1) is 36.9 Å². The number of fused-ring (bicyclic) bond motifs is 1. The van der Waals surface area contributed by atoms with Crippen molar-refractivity contribution < 1.29 is 14.3 Å². The van der Waals surface area contributed by atoms with Gasteiger partial charge >= 0.3 is 5.97 Å². The van der Waals surface area contributed by atoms with Crippen LogP contribution < -0.4 is 5.32 Å². The van der Waals surface area contributed by atoms with Crippen molar-refractivity contribution in [3.63, 3.8) is 0 Å². The first-order chi connectivity index (χ1) is 18.5. The quantitative estimate of drug-likeness (QED) is 0.467. The number of ether oxygens (including phenoxy) is 1. The summed E-state index contributed by atoms with van der Waals surface area (Å²) in [5.74, 6) is -0.825. The van der Waals surface area contributed by atoms with E-state index in [1.54, 1.807) is 6.33 Å². The summed E-state index contributed by atoms with van der Waals surface area (Å²) in [7, 11) is 1.42. The van der Waals surface area contributed by atoms with Crippen LogP contribution in [0.25, 0.3) is 0 Å². The summed E-state index contributed by atoms with van der Waals surface area (Å²) in [6.45, 7) is 2.42. The summed E-state index contributed by atoms with van der Waals surface area (Å²) >= 11 is 0. The average molecular weight is 512 g/mol. The number of hydrogen-bond donors (Lipinski definition) is 1. The number of rotatable bonds is 8. The molecule has 1 saturated heterocycles. The molecule has 0 saturated carbocycles. The predicted octanol–water partition coefficient (Wildman–Crippen LogP) is 2.74. The SMILES string of the molecule is COC(=O)C1CC(C(=O)NCCc2cncn2Cc2ccc(C#N)cc2)CN(C2Cc3ccccc3C2)C1. The van der Waals surface area contributed by atoms with Crippen molar-refractivity contribution in [1.29, 1.82) is 5.26 Å². The normalized spacial score (nSPS) is 19.5. The lowest BCUT2D eigenvalue weighted by Gasteiger charge is -2.39. The highest BCUT2D eigenvalue weighted by atomic mass is 16.5. The monoisotopic (exact) mass is 511 g/mol. The molecule has 8 heteroatoms. The molecule has 0 bridgehead atoms. The number of carbonyl (C=O) groups is 2. The number of methoxy groups -OCH3 is 1. The minimum atomic E-state index is -0.304. The first kappa shape index (κ1) is 25.7. The van der Waals surface area contributed by atoms with Gasteiger partial charge in [0.25, 0.3) is 0 Å². The third-order valence-corrected chi connectivity index (χ3v) is 7.84. The second kappa shape index (κ2) is 11.6. The fraction of sp³-hybridized carbons (Fsp3) is 0.400. The number of hydrogen-bond acceptors (Lipinski definition) is 6. The van der Waals surface area contributed by atoms with E-state index in [2.05, 4.69) is 50.1 Å². The van der Waals surface area contributed by atoms with Crippen LogP contribution in [-0.2, 0) is 40.1 Å². The van der Waals surface area contributed by atoms with Crippen LogP contribution in [0, 0.1) is 23.2 Å². The first-order valence-electron chi connectivity index (χ1n) is 13.2. The van der Waals surface area contributed by atoms with Gasteiger partial charge in [0.1, 0.15) is 0 Å². The Labute approximate surface area is 223 Å². The van der Waals surface area contributed by atoms with E-state index in [1.165, 1.54) is 18.2 Å². The molecule has 0 spiro atoms. The van der Waals surface area contributed by atoms with Crippen molar-refractivity contribution in [1.82, 2.24) is 19.8 Å². The Bertz CT molecular complexity index is 1300. The number of carbonyl (C=O) groups excluding carboxylic acids is 2. The Kier molecular flexibility index (Phi) is 7.85. The van der Waals surface area contributed by atoms with Gasteiger partial charge in [0, 0.05) is 50.5 Å². The zero-order valence-electron chi connectivity index (χ0n) is 21.7. The highest BCUT2D eigenvalue weighted by Crippen LogP contribution is 2.31. The zero-order chi connectivity index (χ0) is 26.5. The van der Waals surface area contributed by atoms with Crippen LogP contribution in [0.2, 0.25) is 0 Å². The highest BCUT2D eigenvalue weighted by Gasteiger charge is 2.39. The van der Waals surface area contributed by atoms with Crippen LogP contribution in [0.15, 0.2) is 61.1 Å². The number of nitrogens with one attached hydrogen (secondary N) is 1. The number of imidazole rings is 1. The molecule has 2 unspecified atom stereocenters. The van der Waals surface area contributed by atoms with Crippen molar-refractivity contribution in [2.75, 3.05) is 26.7 Å². The molecule has 2 atom stereocenters. The fourth-order valence-corrected chi connectivity index (χ4v) is 5.79. The molecule has 1 aliphatic heterocycles. The van der Waals surface area contributed by atoms with Crippen LogP contribution in [0.5, 0.6) is 0 Å². The molecule has 1 aromatic heterocycles. The molecule has 1 aliphatic carbocycles. The van der Waals surface area contributed by atoms with E-state index < -0.39 is 0 Å². The van der Waals surface area contributed by atoms with Gasteiger partial charge in [-0.25, -0.2) is 4.98 Å². The summed E-state index contributed by atoms with van der Waals surface area (Å²) in [5.41, 5.74) is 5.46. The molecule has 0 radical (unpaired) electrons. The molecule has 1 N–H and O–H groups in total. The number of likely N-dealkylation sites (tertiary alicyclic amines) is 1. The maximum absolute atomic E-state index is 13.3. The molecule has 2 heterocycles. The van der Waals surface area contributed by atoms with E-state index in [4.69, 9.17) is 10.00 Å². The minimum absolute atomic E-state index is 0.0164. The molecule has 5 rings (SSSR count). The number of benzene rings is 2. The van der Waals surface area contributed by atoms with Crippen molar-refractivity contribution in [3.05, 3.63) is 89.0 Å². The molecule has 8 nitrogen and oxygen atoms in total. The van der Waals surface area contributed by atoms with Crippen molar-refractivity contribution in [2.45, 2.75) is 38.3 Å². The van der Waals surface area contributed by atoms with E-state index in [9.17, 15) is 9.59 Å². The summed E-state index contributed by atoms with van der Waals surface area (Å²) in [5, 5.41) is 12.1. The lowest BCUT2D eigenvalue weighted by molar-refractivity contribution is -0.149. The van der Waals surface area contributed by atoms with Crippen LogP contribution in [0.1, 0.15) is 34.4 Å². The molecule has 196 valence electrons. The Morgan fingerprint density at radius 2 is 1.79 bits per heavy atom. The van der Waals surface area contributed by atoms with Gasteiger partial charge in [-0.1, -0.05) is 36.4 Å². The number of piperidine rings is 1. The third kappa shape index (κ3) is 5.79. The Balaban J connectivity index is 1.18.